The van der Waals surface area contributed by atoms with E-state index in [1.807, 2.05) is 20.8 Å². The number of nitrogens with one attached hydrogen (secondary N) is 1. The van der Waals surface area contributed by atoms with E-state index in [1.54, 1.807) is 6.92 Å². The van der Waals surface area contributed by atoms with Gasteiger partial charge >= 0.3 is 5.97 Å². The van der Waals surface area contributed by atoms with Gasteiger partial charge in [-0.2, -0.15) is 0 Å². The second kappa shape index (κ2) is 5.81. The minimum Gasteiger partial charge on any atom is -0.464 e. The van der Waals surface area contributed by atoms with Gasteiger partial charge in [-0.25, -0.2) is 9.48 Å². The zero-order valence-corrected chi connectivity index (χ0v) is 11.9. The fourth-order valence-electron chi connectivity index (χ4n) is 1.31. The highest BCUT2D eigenvalue weighted by Crippen LogP contribution is 2.11. The van der Waals surface area contributed by atoms with Crippen molar-refractivity contribution in [2.45, 2.75) is 45.7 Å². The molecular weight excluding hydrogens is 248 g/mol. The first-order valence-electron chi connectivity index (χ1n) is 6.13. The Morgan fingerprint density at radius 1 is 1.53 bits per heavy atom. The number of carbonyl (C=O) groups excluding carboxylic acids is 2. The Morgan fingerprint density at radius 3 is 2.68 bits per heavy atom. The van der Waals surface area contributed by atoms with Crippen LogP contribution in [0.1, 0.15) is 50.6 Å². The molecule has 0 aliphatic carbocycles. The summed E-state index contributed by atoms with van der Waals surface area (Å²) in [5, 5.41) is 10.3. The summed E-state index contributed by atoms with van der Waals surface area (Å²) in [6, 6.07) is -0.545. The van der Waals surface area contributed by atoms with Crippen molar-refractivity contribution in [3.63, 3.8) is 0 Å². The molecule has 1 aromatic rings. The van der Waals surface area contributed by atoms with Crippen LogP contribution in [-0.2, 0) is 9.53 Å². The molecule has 7 nitrogen and oxygen atoms in total. The highest BCUT2D eigenvalue weighted by atomic mass is 16.5. The van der Waals surface area contributed by atoms with Gasteiger partial charge < -0.3 is 10.1 Å². The minimum absolute atomic E-state index is 0.0805. The fourth-order valence-corrected chi connectivity index (χ4v) is 1.31. The Kier molecular flexibility index (Phi) is 4.63. The summed E-state index contributed by atoms with van der Waals surface area (Å²) in [7, 11) is 1.27. The number of aromatic nitrogens is 3. The summed E-state index contributed by atoms with van der Waals surface area (Å²) in [5.41, 5.74) is -0.200. The molecule has 1 atom stereocenters. The summed E-state index contributed by atoms with van der Waals surface area (Å²) in [4.78, 5) is 23.3. The second-order valence-corrected chi connectivity index (χ2v) is 4.98. The summed E-state index contributed by atoms with van der Waals surface area (Å²) >= 11 is 0. The van der Waals surface area contributed by atoms with E-state index in [0.29, 0.717) is 0 Å². The van der Waals surface area contributed by atoms with Crippen LogP contribution in [0.2, 0.25) is 0 Å². The molecule has 1 amide bonds. The van der Waals surface area contributed by atoms with Crippen molar-refractivity contribution in [2.75, 3.05) is 7.11 Å². The molecule has 0 saturated heterocycles. The maximum atomic E-state index is 12.1. The van der Waals surface area contributed by atoms with Gasteiger partial charge in [0, 0.05) is 5.54 Å². The average molecular weight is 268 g/mol. The van der Waals surface area contributed by atoms with Gasteiger partial charge in [0.25, 0.3) is 0 Å². The molecule has 19 heavy (non-hydrogen) atoms. The molecule has 1 aromatic heterocycles. The van der Waals surface area contributed by atoms with Crippen LogP contribution in [0, 0.1) is 0 Å². The van der Waals surface area contributed by atoms with E-state index in [-0.39, 0.29) is 17.1 Å². The summed E-state index contributed by atoms with van der Waals surface area (Å²) in [5.74, 6) is -0.749. The van der Waals surface area contributed by atoms with Gasteiger partial charge in [-0.05, 0) is 27.2 Å². The third kappa shape index (κ3) is 3.77. The predicted molar refractivity (Wildman–Crippen MR) is 68.6 cm³/mol. The van der Waals surface area contributed by atoms with Crippen LogP contribution in [0.15, 0.2) is 6.20 Å². The van der Waals surface area contributed by atoms with E-state index in [2.05, 4.69) is 20.4 Å². The van der Waals surface area contributed by atoms with Crippen molar-refractivity contribution in [2.24, 2.45) is 0 Å². The lowest BCUT2D eigenvalue weighted by atomic mass is 10.0. The number of rotatable bonds is 5. The second-order valence-electron chi connectivity index (χ2n) is 4.98. The fraction of sp³-hybridized carbons (Fsp3) is 0.667. The van der Waals surface area contributed by atoms with E-state index in [4.69, 9.17) is 0 Å². The molecule has 0 bridgehead atoms. The number of carbonyl (C=O) groups is 2. The Labute approximate surface area is 112 Å². The molecule has 0 fully saturated rings. The highest BCUT2D eigenvalue weighted by molar-refractivity contribution is 5.87. The molecule has 0 spiro atoms. The first-order chi connectivity index (χ1) is 8.80. The number of hydrogen-bond acceptors (Lipinski definition) is 5. The number of nitrogens with zero attached hydrogens (tertiary/aromatic N) is 3. The van der Waals surface area contributed by atoms with Crippen LogP contribution in [0.5, 0.6) is 0 Å². The van der Waals surface area contributed by atoms with Crippen molar-refractivity contribution >= 4 is 11.9 Å². The lowest BCUT2D eigenvalue weighted by Crippen LogP contribution is -2.45. The van der Waals surface area contributed by atoms with Crippen molar-refractivity contribution in [1.29, 1.82) is 0 Å². The Hall–Kier alpha value is -1.92. The molecule has 0 aromatic carbocycles. The summed E-state index contributed by atoms with van der Waals surface area (Å²) in [6.07, 6.45) is 2.21. The normalized spacial score (nSPS) is 12.9. The van der Waals surface area contributed by atoms with Crippen LogP contribution in [-0.4, -0.2) is 39.5 Å². The first kappa shape index (κ1) is 15.1. The Bertz CT molecular complexity index is 467. The largest absolute Gasteiger partial charge is 0.464 e. The number of esters is 1. The van der Waals surface area contributed by atoms with Crippen LogP contribution in [0.3, 0.4) is 0 Å². The quantitative estimate of drug-likeness (QED) is 0.803. The molecule has 0 saturated carbocycles. The van der Waals surface area contributed by atoms with E-state index in [0.717, 1.165) is 6.42 Å². The first-order valence-corrected chi connectivity index (χ1v) is 6.13. The van der Waals surface area contributed by atoms with E-state index in [1.165, 1.54) is 18.0 Å². The maximum Gasteiger partial charge on any atom is 0.360 e. The summed E-state index contributed by atoms with van der Waals surface area (Å²) in [6.45, 7) is 7.57. The van der Waals surface area contributed by atoms with Crippen LogP contribution >= 0.6 is 0 Å². The molecule has 0 aliphatic rings. The molecular formula is C12H20N4O3. The molecule has 1 rings (SSSR count). The lowest BCUT2D eigenvalue weighted by Gasteiger charge is -2.26. The van der Waals surface area contributed by atoms with Crippen molar-refractivity contribution in [1.82, 2.24) is 20.3 Å². The lowest BCUT2D eigenvalue weighted by molar-refractivity contribution is -0.125. The SMILES string of the molecule is CCC(C)(C)NC(=O)C(C)n1cc(C(=O)OC)nn1. The highest BCUT2D eigenvalue weighted by Gasteiger charge is 2.24. The summed E-state index contributed by atoms with van der Waals surface area (Å²) < 4.78 is 5.87. The van der Waals surface area contributed by atoms with Gasteiger partial charge in [0.05, 0.1) is 13.3 Å². The standard InChI is InChI=1S/C12H20N4O3/c1-6-12(3,4)13-10(17)8(2)16-7-9(14-15-16)11(18)19-5/h7-8H,6H2,1-5H3,(H,13,17). The zero-order chi connectivity index (χ0) is 14.6. The molecule has 0 radical (unpaired) electrons. The Balaban J connectivity index is 2.77. The van der Waals surface area contributed by atoms with E-state index < -0.39 is 12.0 Å². The molecule has 1 heterocycles. The smallest absolute Gasteiger partial charge is 0.360 e. The predicted octanol–water partition coefficient (Wildman–Crippen LogP) is 0.930. The third-order valence-corrected chi connectivity index (χ3v) is 3.03. The van der Waals surface area contributed by atoms with Gasteiger partial charge in [0.1, 0.15) is 6.04 Å². The van der Waals surface area contributed by atoms with Crippen molar-refractivity contribution in [3.8, 4) is 0 Å². The van der Waals surface area contributed by atoms with Crippen LogP contribution < -0.4 is 5.32 Å². The van der Waals surface area contributed by atoms with Crippen molar-refractivity contribution in [3.05, 3.63) is 11.9 Å². The molecule has 0 aliphatic heterocycles. The van der Waals surface area contributed by atoms with Crippen LogP contribution in [0.4, 0.5) is 0 Å². The molecule has 1 N–H and O–H groups in total. The van der Waals surface area contributed by atoms with Gasteiger partial charge in [-0.3, -0.25) is 4.79 Å². The molecule has 7 heteroatoms. The average Bonchev–Trinajstić information content (AvgIpc) is 2.85. The number of amides is 1. The maximum absolute atomic E-state index is 12.1. The van der Waals surface area contributed by atoms with Gasteiger partial charge in [0.2, 0.25) is 5.91 Å². The zero-order valence-electron chi connectivity index (χ0n) is 11.9. The van der Waals surface area contributed by atoms with Crippen LogP contribution in [0.25, 0.3) is 0 Å². The number of hydrogen-bond donors (Lipinski definition) is 1. The molecule has 1 unspecified atom stereocenters. The Morgan fingerprint density at radius 2 is 2.16 bits per heavy atom. The number of methoxy groups -OCH3 is 1. The van der Waals surface area contributed by atoms with Crippen molar-refractivity contribution < 1.29 is 14.3 Å². The van der Waals surface area contributed by atoms with Gasteiger partial charge in [-0.15, -0.1) is 5.10 Å². The molecule has 106 valence electrons. The third-order valence-electron chi connectivity index (χ3n) is 3.03. The van der Waals surface area contributed by atoms with Gasteiger partial charge in [-0.1, -0.05) is 12.1 Å². The minimum atomic E-state index is -0.576. The van der Waals surface area contributed by atoms with Gasteiger partial charge in [0.15, 0.2) is 5.69 Å². The monoisotopic (exact) mass is 268 g/mol. The van der Waals surface area contributed by atoms with E-state index >= 15 is 0 Å². The topological polar surface area (TPSA) is 86.1 Å². The number of ether oxygens (including phenoxy) is 1. The van der Waals surface area contributed by atoms with E-state index in [9.17, 15) is 9.59 Å².